The molecule has 0 aliphatic carbocycles. The first-order chi connectivity index (χ1) is 13.3. The summed E-state index contributed by atoms with van der Waals surface area (Å²) in [6.45, 7) is 0.0533. The number of nitrogens with two attached hydrogens (primary N) is 1. The van der Waals surface area contributed by atoms with E-state index >= 15 is 0 Å². The zero-order chi connectivity index (χ0) is 20.3. The fourth-order valence-electron chi connectivity index (χ4n) is 2.65. The number of carbonyl (C=O) groups excluding carboxylic acids is 4. The van der Waals surface area contributed by atoms with Gasteiger partial charge in [0.15, 0.2) is 6.61 Å². The van der Waals surface area contributed by atoms with Crippen LogP contribution in [-0.2, 0) is 11.3 Å². The molecule has 2 aromatic carbocycles. The van der Waals surface area contributed by atoms with Crippen molar-refractivity contribution in [3.63, 3.8) is 0 Å². The van der Waals surface area contributed by atoms with Crippen LogP contribution in [0.3, 0.4) is 0 Å². The first kappa shape index (κ1) is 18.9. The van der Waals surface area contributed by atoms with E-state index in [4.69, 9.17) is 10.5 Å². The third kappa shape index (κ3) is 4.09. The Morgan fingerprint density at radius 2 is 1.71 bits per heavy atom. The van der Waals surface area contributed by atoms with Gasteiger partial charge in [-0.05, 0) is 35.9 Å². The van der Waals surface area contributed by atoms with Crippen molar-refractivity contribution in [1.82, 2.24) is 10.2 Å². The van der Waals surface area contributed by atoms with Crippen LogP contribution < -0.4 is 21.1 Å². The van der Waals surface area contributed by atoms with E-state index in [0.717, 1.165) is 10.5 Å². The van der Waals surface area contributed by atoms with Gasteiger partial charge < -0.3 is 21.1 Å². The van der Waals surface area contributed by atoms with Crippen molar-refractivity contribution in [2.75, 3.05) is 19.0 Å². The van der Waals surface area contributed by atoms with Crippen molar-refractivity contribution < 1.29 is 23.9 Å². The molecule has 0 bridgehead atoms. The molecule has 28 heavy (non-hydrogen) atoms. The molecule has 0 atom stereocenters. The van der Waals surface area contributed by atoms with Crippen molar-refractivity contribution in [1.29, 1.82) is 0 Å². The minimum absolute atomic E-state index is 0.204. The van der Waals surface area contributed by atoms with Gasteiger partial charge in [0, 0.05) is 19.3 Å². The summed E-state index contributed by atoms with van der Waals surface area (Å²) < 4.78 is 5.16. The maximum absolute atomic E-state index is 12.1. The SMILES string of the molecule is CN1C(=O)c2ccc(NC(=O)NCc3ccc(OCC(N)=O)cc3)cc2C1=O. The molecule has 9 heteroatoms. The number of anilines is 1. The molecule has 0 unspecified atom stereocenters. The van der Waals surface area contributed by atoms with Crippen LogP contribution in [0.1, 0.15) is 26.3 Å². The van der Waals surface area contributed by atoms with Gasteiger partial charge in [-0.3, -0.25) is 19.3 Å². The van der Waals surface area contributed by atoms with Gasteiger partial charge in [0.25, 0.3) is 17.7 Å². The second-order valence-electron chi connectivity index (χ2n) is 6.14. The maximum atomic E-state index is 12.1. The Hall–Kier alpha value is -3.88. The second-order valence-corrected chi connectivity index (χ2v) is 6.14. The van der Waals surface area contributed by atoms with E-state index in [0.29, 0.717) is 17.0 Å². The summed E-state index contributed by atoms with van der Waals surface area (Å²) in [5, 5.41) is 5.31. The van der Waals surface area contributed by atoms with Crippen molar-refractivity contribution in [3.05, 3.63) is 59.2 Å². The molecule has 0 fully saturated rings. The Bertz CT molecular complexity index is 955. The van der Waals surface area contributed by atoms with E-state index in [1.54, 1.807) is 30.3 Å². The molecule has 0 saturated carbocycles. The first-order valence-electron chi connectivity index (χ1n) is 8.36. The van der Waals surface area contributed by atoms with E-state index < -0.39 is 17.8 Å². The van der Waals surface area contributed by atoms with Crippen LogP contribution in [0.25, 0.3) is 0 Å². The number of imide groups is 1. The molecule has 1 aliphatic rings. The van der Waals surface area contributed by atoms with Crippen LogP contribution in [0.15, 0.2) is 42.5 Å². The van der Waals surface area contributed by atoms with Crippen LogP contribution >= 0.6 is 0 Å². The number of nitrogens with one attached hydrogen (secondary N) is 2. The van der Waals surface area contributed by atoms with Crippen molar-refractivity contribution in [2.24, 2.45) is 5.73 Å². The van der Waals surface area contributed by atoms with E-state index in [9.17, 15) is 19.2 Å². The molecule has 0 spiro atoms. The maximum Gasteiger partial charge on any atom is 0.319 e. The molecular formula is C19H18N4O5. The number of urea groups is 1. The van der Waals surface area contributed by atoms with Crippen LogP contribution in [0, 0.1) is 0 Å². The number of fused-ring (bicyclic) bond motifs is 1. The lowest BCUT2D eigenvalue weighted by atomic mass is 10.1. The highest BCUT2D eigenvalue weighted by atomic mass is 16.5. The number of carbonyl (C=O) groups is 4. The van der Waals surface area contributed by atoms with E-state index in [2.05, 4.69) is 10.6 Å². The third-order valence-corrected chi connectivity index (χ3v) is 4.11. The number of ether oxygens (including phenoxy) is 1. The van der Waals surface area contributed by atoms with Crippen molar-refractivity contribution in [3.8, 4) is 5.75 Å². The predicted molar refractivity (Wildman–Crippen MR) is 99.9 cm³/mol. The van der Waals surface area contributed by atoms with Crippen LogP contribution in [0.2, 0.25) is 0 Å². The quantitative estimate of drug-likeness (QED) is 0.644. The zero-order valence-electron chi connectivity index (χ0n) is 15.0. The Labute approximate surface area is 160 Å². The molecule has 144 valence electrons. The lowest BCUT2D eigenvalue weighted by molar-refractivity contribution is -0.119. The molecule has 0 saturated heterocycles. The van der Waals surface area contributed by atoms with Gasteiger partial charge in [-0.15, -0.1) is 0 Å². The number of benzene rings is 2. The fraction of sp³-hybridized carbons (Fsp3) is 0.158. The molecule has 1 heterocycles. The van der Waals surface area contributed by atoms with Crippen molar-refractivity contribution in [2.45, 2.75) is 6.54 Å². The minimum Gasteiger partial charge on any atom is -0.484 e. The van der Waals surface area contributed by atoms with Crippen LogP contribution in [-0.4, -0.2) is 42.3 Å². The minimum atomic E-state index is -0.563. The average molecular weight is 382 g/mol. The number of amides is 5. The molecule has 4 N–H and O–H groups in total. The van der Waals surface area contributed by atoms with Gasteiger partial charge in [0.05, 0.1) is 11.1 Å². The summed E-state index contributed by atoms with van der Waals surface area (Å²) in [7, 11) is 1.41. The highest BCUT2D eigenvalue weighted by molar-refractivity contribution is 6.21. The standard InChI is InChI=1S/C19H18N4O5/c1-23-17(25)14-7-4-12(8-15(14)18(23)26)22-19(27)21-9-11-2-5-13(6-3-11)28-10-16(20)24/h2-8H,9-10H2,1H3,(H2,20,24)(H2,21,22,27). The van der Waals surface area contributed by atoms with Gasteiger partial charge in [0.1, 0.15) is 5.75 Å². The highest BCUT2D eigenvalue weighted by Gasteiger charge is 2.32. The fourth-order valence-corrected chi connectivity index (χ4v) is 2.65. The molecule has 3 rings (SSSR count). The van der Waals surface area contributed by atoms with Crippen molar-refractivity contribution >= 4 is 29.4 Å². The van der Waals surface area contributed by atoms with Gasteiger partial charge in [-0.2, -0.15) is 0 Å². The van der Waals surface area contributed by atoms with Gasteiger partial charge in [0.2, 0.25) is 0 Å². The molecular weight excluding hydrogens is 364 g/mol. The second kappa shape index (κ2) is 7.78. The Balaban J connectivity index is 1.55. The molecule has 1 aliphatic heterocycles. The largest absolute Gasteiger partial charge is 0.484 e. The summed E-state index contributed by atoms with van der Waals surface area (Å²) in [5.41, 5.74) is 6.81. The highest BCUT2D eigenvalue weighted by Crippen LogP contribution is 2.24. The Morgan fingerprint density at radius 3 is 2.39 bits per heavy atom. The lowest BCUT2D eigenvalue weighted by Crippen LogP contribution is -2.28. The molecule has 5 amide bonds. The van der Waals surface area contributed by atoms with Crippen LogP contribution in [0.5, 0.6) is 5.75 Å². The predicted octanol–water partition coefficient (Wildman–Crippen LogP) is 1.10. The summed E-state index contributed by atoms with van der Waals surface area (Å²) in [5.74, 6) is -0.831. The summed E-state index contributed by atoms with van der Waals surface area (Å²) in [6, 6.07) is 10.9. The molecule has 0 aromatic heterocycles. The zero-order valence-corrected chi connectivity index (χ0v) is 15.0. The summed E-state index contributed by atoms with van der Waals surface area (Å²) in [6.07, 6.45) is 0. The first-order valence-corrected chi connectivity index (χ1v) is 8.36. The Kier molecular flexibility index (Phi) is 5.25. The van der Waals surface area contributed by atoms with Gasteiger partial charge in [-0.1, -0.05) is 12.1 Å². The molecule has 2 aromatic rings. The lowest BCUT2D eigenvalue weighted by Gasteiger charge is -2.09. The Morgan fingerprint density at radius 1 is 1.04 bits per heavy atom. The van der Waals surface area contributed by atoms with E-state index in [-0.39, 0.29) is 24.6 Å². The van der Waals surface area contributed by atoms with E-state index in [1.165, 1.54) is 19.2 Å². The van der Waals surface area contributed by atoms with Gasteiger partial charge >= 0.3 is 6.03 Å². The molecule has 9 nitrogen and oxygen atoms in total. The normalized spacial score (nSPS) is 12.5. The third-order valence-electron chi connectivity index (χ3n) is 4.11. The monoisotopic (exact) mass is 382 g/mol. The topological polar surface area (TPSA) is 131 Å². The summed E-state index contributed by atoms with van der Waals surface area (Å²) >= 11 is 0. The number of nitrogens with zero attached hydrogens (tertiary/aromatic N) is 1. The summed E-state index contributed by atoms with van der Waals surface area (Å²) in [4.78, 5) is 47.7. The van der Waals surface area contributed by atoms with E-state index in [1.807, 2.05) is 0 Å². The number of hydrogen-bond donors (Lipinski definition) is 3. The van der Waals surface area contributed by atoms with Crippen LogP contribution in [0.4, 0.5) is 10.5 Å². The number of hydrogen-bond acceptors (Lipinski definition) is 5. The number of primary amides is 1. The molecule has 0 radical (unpaired) electrons. The average Bonchev–Trinajstić information content (AvgIpc) is 2.89. The van der Waals surface area contributed by atoms with Gasteiger partial charge in [-0.25, -0.2) is 4.79 Å². The number of rotatable bonds is 6. The smallest absolute Gasteiger partial charge is 0.319 e.